The van der Waals surface area contributed by atoms with Gasteiger partial charge in [-0.05, 0) is 50.9 Å². The maximum Gasteiger partial charge on any atom is 0.0528 e. The second kappa shape index (κ2) is 6.99. The minimum Gasteiger partial charge on any atom is -0.320 e. The van der Waals surface area contributed by atoms with Gasteiger partial charge in [-0.15, -0.1) is 0 Å². The first kappa shape index (κ1) is 16.9. The molecule has 0 bridgehead atoms. The Labute approximate surface area is 152 Å². The van der Waals surface area contributed by atoms with Crippen LogP contribution in [0.4, 0.5) is 0 Å². The molecule has 2 aliphatic rings. The molecule has 2 heterocycles. The van der Waals surface area contributed by atoms with Crippen molar-refractivity contribution in [3.05, 3.63) is 40.6 Å². The fourth-order valence-electron chi connectivity index (χ4n) is 4.91. The lowest BCUT2D eigenvalue weighted by Gasteiger charge is -2.24. The lowest BCUT2D eigenvalue weighted by atomic mass is 9.85. The van der Waals surface area contributed by atoms with Crippen molar-refractivity contribution in [2.75, 3.05) is 13.6 Å². The van der Waals surface area contributed by atoms with Gasteiger partial charge in [-0.1, -0.05) is 49.3 Å². The highest BCUT2D eigenvalue weighted by Gasteiger charge is 2.22. The van der Waals surface area contributed by atoms with E-state index in [4.69, 9.17) is 0 Å². The van der Waals surface area contributed by atoms with Gasteiger partial charge < -0.3 is 9.47 Å². The van der Waals surface area contributed by atoms with Gasteiger partial charge in [0.25, 0.3) is 0 Å². The topological polar surface area (TPSA) is 8.17 Å². The van der Waals surface area contributed by atoms with E-state index in [1.807, 2.05) is 0 Å². The second-order valence-corrected chi connectivity index (χ2v) is 8.49. The van der Waals surface area contributed by atoms with Gasteiger partial charge in [0.15, 0.2) is 0 Å². The normalized spacial score (nSPS) is 20.2. The predicted molar refractivity (Wildman–Crippen MR) is 108 cm³/mol. The van der Waals surface area contributed by atoms with Gasteiger partial charge in [0.1, 0.15) is 0 Å². The van der Waals surface area contributed by atoms with E-state index in [1.54, 1.807) is 16.8 Å². The molecule has 0 unspecified atom stereocenters. The van der Waals surface area contributed by atoms with E-state index in [2.05, 4.69) is 54.8 Å². The summed E-state index contributed by atoms with van der Waals surface area (Å²) in [6.45, 7) is 6.80. The molecule has 1 aliphatic carbocycles. The Kier molecular flexibility index (Phi) is 4.73. The Bertz CT molecular complexity index is 790. The van der Waals surface area contributed by atoms with Gasteiger partial charge in [-0.25, -0.2) is 0 Å². The van der Waals surface area contributed by atoms with Crippen LogP contribution in [0, 0.1) is 12.8 Å². The summed E-state index contributed by atoms with van der Waals surface area (Å²) in [7, 11) is 2.24. The van der Waals surface area contributed by atoms with Crippen LogP contribution < -0.4 is 0 Å². The smallest absolute Gasteiger partial charge is 0.0528 e. The van der Waals surface area contributed by atoms with Crippen LogP contribution in [0.2, 0.25) is 0 Å². The molecule has 2 nitrogen and oxygen atoms in total. The third-order valence-electron chi connectivity index (χ3n) is 6.22. The molecule has 1 aromatic carbocycles. The SMILES string of the molecule is CC(=Cn1c2c(c3cc(C)ccc31)CN(C)CC2)CC1CCCCC1. The summed E-state index contributed by atoms with van der Waals surface area (Å²) in [5, 5.41) is 1.46. The summed E-state index contributed by atoms with van der Waals surface area (Å²) in [4.78, 5) is 2.45. The Balaban J connectivity index is 1.72. The summed E-state index contributed by atoms with van der Waals surface area (Å²) in [6.07, 6.45) is 12.1. The molecule has 0 amide bonds. The molecule has 0 saturated heterocycles. The van der Waals surface area contributed by atoms with Crippen molar-refractivity contribution in [2.24, 2.45) is 5.92 Å². The van der Waals surface area contributed by atoms with Crippen molar-refractivity contribution in [3.8, 4) is 0 Å². The number of fused-ring (bicyclic) bond motifs is 3. The Morgan fingerprint density at radius 2 is 2.00 bits per heavy atom. The monoisotopic (exact) mass is 336 g/mol. The van der Waals surface area contributed by atoms with Crippen molar-refractivity contribution >= 4 is 17.1 Å². The summed E-state index contributed by atoms with van der Waals surface area (Å²) in [6, 6.07) is 6.97. The van der Waals surface area contributed by atoms with E-state index in [1.165, 1.54) is 55.0 Å². The molecule has 1 saturated carbocycles. The molecule has 0 spiro atoms. The average molecular weight is 337 g/mol. The predicted octanol–water partition coefficient (Wildman–Crippen LogP) is 5.77. The Morgan fingerprint density at radius 3 is 2.80 bits per heavy atom. The van der Waals surface area contributed by atoms with Crippen LogP contribution in [0.3, 0.4) is 0 Å². The number of benzene rings is 1. The highest BCUT2D eigenvalue weighted by atomic mass is 15.1. The van der Waals surface area contributed by atoms with Gasteiger partial charge in [0.05, 0.1) is 5.52 Å². The maximum absolute atomic E-state index is 2.52. The number of likely N-dealkylation sites (N-methyl/N-ethyl adjacent to an activating group) is 1. The molecule has 0 radical (unpaired) electrons. The van der Waals surface area contributed by atoms with Crippen molar-refractivity contribution in [2.45, 2.75) is 65.3 Å². The molecule has 0 atom stereocenters. The number of aryl methyl sites for hydroxylation is 1. The summed E-state index contributed by atoms with van der Waals surface area (Å²) < 4.78 is 2.52. The molecule has 1 fully saturated rings. The molecular weight excluding hydrogens is 304 g/mol. The maximum atomic E-state index is 2.52. The highest BCUT2D eigenvalue weighted by molar-refractivity contribution is 5.88. The molecule has 4 rings (SSSR count). The summed E-state index contributed by atoms with van der Waals surface area (Å²) in [5.41, 5.74) is 7.40. The zero-order valence-corrected chi connectivity index (χ0v) is 16.1. The van der Waals surface area contributed by atoms with E-state index in [0.717, 1.165) is 25.4 Å². The van der Waals surface area contributed by atoms with Gasteiger partial charge in [-0.2, -0.15) is 0 Å². The molecular formula is C23H32N2. The van der Waals surface area contributed by atoms with Crippen LogP contribution in [-0.4, -0.2) is 23.1 Å². The van der Waals surface area contributed by atoms with Crippen molar-refractivity contribution in [1.29, 1.82) is 0 Å². The molecule has 25 heavy (non-hydrogen) atoms. The van der Waals surface area contributed by atoms with E-state index < -0.39 is 0 Å². The average Bonchev–Trinajstić information content (AvgIpc) is 2.88. The van der Waals surface area contributed by atoms with E-state index in [9.17, 15) is 0 Å². The van der Waals surface area contributed by atoms with Crippen molar-refractivity contribution in [1.82, 2.24) is 9.47 Å². The van der Waals surface area contributed by atoms with Crippen LogP contribution in [0.15, 0.2) is 23.8 Å². The number of rotatable bonds is 3. The second-order valence-electron chi connectivity index (χ2n) is 8.49. The quantitative estimate of drug-likeness (QED) is 0.691. The van der Waals surface area contributed by atoms with Crippen LogP contribution in [0.5, 0.6) is 0 Å². The molecule has 2 aromatic rings. The van der Waals surface area contributed by atoms with Gasteiger partial charge >= 0.3 is 0 Å². The van der Waals surface area contributed by atoms with Gasteiger partial charge in [0.2, 0.25) is 0 Å². The van der Waals surface area contributed by atoms with Crippen molar-refractivity contribution in [3.63, 3.8) is 0 Å². The molecule has 0 N–H and O–H groups in total. The van der Waals surface area contributed by atoms with E-state index in [-0.39, 0.29) is 0 Å². The molecule has 2 heteroatoms. The Hall–Kier alpha value is -1.54. The first-order valence-electron chi connectivity index (χ1n) is 10.1. The number of nitrogens with zero attached hydrogens (tertiary/aromatic N) is 2. The summed E-state index contributed by atoms with van der Waals surface area (Å²) >= 11 is 0. The summed E-state index contributed by atoms with van der Waals surface area (Å²) in [5.74, 6) is 0.913. The van der Waals surface area contributed by atoms with Crippen LogP contribution >= 0.6 is 0 Å². The molecule has 134 valence electrons. The zero-order valence-electron chi connectivity index (χ0n) is 16.1. The number of allylic oxidation sites excluding steroid dienone is 1. The Morgan fingerprint density at radius 1 is 1.20 bits per heavy atom. The van der Waals surface area contributed by atoms with E-state index >= 15 is 0 Å². The number of hydrogen-bond acceptors (Lipinski definition) is 1. The lowest BCUT2D eigenvalue weighted by molar-refractivity contribution is 0.312. The first-order valence-corrected chi connectivity index (χ1v) is 10.1. The largest absolute Gasteiger partial charge is 0.320 e. The number of hydrogen-bond donors (Lipinski definition) is 0. The zero-order chi connectivity index (χ0) is 17.4. The van der Waals surface area contributed by atoms with Gasteiger partial charge in [0, 0.05) is 36.8 Å². The fraction of sp³-hybridized carbons (Fsp3) is 0.565. The fourth-order valence-corrected chi connectivity index (χ4v) is 4.91. The lowest BCUT2D eigenvalue weighted by Crippen LogP contribution is -2.26. The molecule has 1 aromatic heterocycles. The highest BCUT2D eigenvalue weighted by Crippen LogP contribution is 2.33. The van der Waals surface area contributed by atoms with Crippen molar-refractivity contribution < 1.29 is 0 Å². The van der Waals surface area contributed by atoms with Gasteiger partial charge in [-0.3, -0.25) is 0 Å². The third-order valence-corrected chi connectivity index (χ3v) is 6.22. The third kappa shape index (κ3) is 3.42. The first-order chi connectivity index (χ1) is 12.1. The van der Waals surface area contributed by atoms with Crippen LogP contribution in [0.25, 0.3) is 17.1 Å². The molecule has 1 aliphatic heterocycles. The van der Waals surface area contributed by atoms with E-state index in [0.29, 0.717) is 0 Å². The minimum atomic E-state index is 0.913. The van der Waals surface area contributed by atoms with Crippen LogP contribution in [-0.2, 0) is 13.0 Å². The standard InChI is InChI=1S/C23H32N2/c1-17-9-10-22-20(14-17)21-16-24(3)12-11-23(21)25(22)15-18(2)13-19-7-5-4-6-8-19/h9-10,14-15,19H,4-8,11-13,16H2,1-3H3. The van der Waals surface area contributed by atoms with Crippen LogP contribution in [0.1, 0.15) is 62.3 Å². The minimum absolute atomic E-state index is 0.913. The number of aromatic nitrogens is 1.